The average Bonchev–Trinajstić information content (AvgIpc) is 2.39. The molecule has 0 radical (unpaired) electrons. The molecule has 0 aliphatic heterocycles. The zero-order valence-electron chi connectivity index (χ0n) is 10.5. The first-order valence-corrected chi connectivity index (χ1v) is 5.68. The third-order valence-corrected chi connectivity index (χ3v) is 2.48. The zero-order chi connectivity index (χ0) is 12.7. The van der Waals surface area contributed by atoms with E-state index < -0.39 is 6.04 Å². The molecule has 0 bridgehead atoms. The lowest BCUT2D eigenvalue weighted by atomic mass is 10.1. The fourth-order valence-electron chi connectivity index (χ4n) is 1.54. The van der Waals surface area contributed by atoms with E-state index in [-0.39, 0.29) is 5.97 Å². The number of carbonyl (C=O) groups is 1. The van der Waals surface area contributed by atoms with Gasteiger partial charge in [0.15, 0.2) is 0 Å². The lowest BCUT2D eigenvalue weighted by Crippen LogP contribution is -2.30. The molecule has 0 heterocycles. The van der Waals surface area contributed by atoms with Crippen LogP contribution < -0.4 is 10.1 Å². The Hall–Kier alpha value is -1.55. The Balaban J connectivity index is 2.83. The summed E-state index contributed by atoms with van der Waals surface area (Å²) in [7, 11) is 3.01. The van der Waals surface area contributed by atoms with Crippen molar-refractivity contribution in [2.45, 2.75) is 19.4 Å². The highest BCUT2D eigenvalue weighted by Gasteiger charge is 2.20. The smallest absolute Gasteiger partial charge is 0.327 e. The van der Waals surface area contributed by atoms with E-state index >= 15 is 0 Å². The van der Waals surface area contributed by atoms with Crippen LogP contribution in [0.25, 0.3) is 0 Å². The van der Waals surface area contributed by atoms with Gasteiger partial charge in [0.2, 0.25) is 0 Å². The second-order valence-corrected chi connectivity index (χ2v) is 3.68. The number of methoxy groups -OCH3 is 2. The van der Waals surface area contributed by atoms with Crippen LogP contribution in [0.3, 0.4) is 0 Å². The SMILES string of the molecule is CCCNC(C(=O)OC)c1ccc(OC)cc1. The molecular weight excluding hydrogens is 218 g/mol. The lowest BCUT2D eigenvalue weighted by Gasteiger charge is -2.16. The molecular formula is C13H19NO3. The van der Waals surface area contributed by atoms with Gasteiger partial charge in [-0.15, -0.1) is 0 Å². The molecule has 1 atom stereocenters. The van der Waals surface area contributed by atoms with E-state index in [2.05, 4.69) is 12.2 Å². The van der Waals surface area contributed by atoms with Crippen molar-refractivity contribution in [1.29, 1.82) is 0 Å². The summed E-state index contributed by atoms with van der Waals surface area (Å²) in [6, 6.07) is 6.98. The topological polar surface area (TPSA) is 47.6 Å². The number of esters is 1. The Morgan fingerprint density at radius 1 is 1.29 bits per heavy atom. The highest BCUT2D eigenvalue weighted by molar-refractivity contribution is 5.77. The molecule has 94 valence electrons. The van der Waals surface area contributed by atoms with Crippen molar-refractivity contribution in [3.63, 3.8) is 0 Å². The van der Waals surface area contributed by atoms with Crippen LogP contribution in [0.2, 0.25) is 0 Å². The van der Waals surface area contributed by atoms with Gasteiger partial charge in [0, 0.05) is 0 Å². The van der Waals surface area contributed by atoms with Gasteiger partial charge in [-0.25, -0.2) is 4.79 Å². The van der Waals surface area contributed by atoms with Crippen LogP contribution in [0.15, 0.2) is 24.3 Å². The molecule has 1 unspecified atom stereocenters. The minimum absolute atomic E-state index is 0.274. The number of nitrogens with one attached hydrogen (secondary N) is 1. The van der Waals surface area contributed by atoms with Crippen molar-refractivity contribution >= 4 is 5.97 Å². The Bertz CT molecular complexity index is 348. The van der Waals surface area contributed by atoms with E-state index in [1.807, 2.05) is 24.3 Å². The van der Waals surface area contributed by atoms with E-state index in [1.54, 1.807) is 7.11 Å². The molecule has 0 fully saturated rings. The highest BCUT2D eigenvalue weighted by atomic mass is 16.5. The average molecular weight is 237 g/mol. The maximum atomic E-state index is 11.7. The van der Waals surface area contributed by atoms with Gasteiger partial charge in [0.1, 0.15) is 11.8 Å². The van der Waals surface area contributed by atoms with Gasteiger partial charge in [0.25, 0.3) is 0 Å². The van der Waals surface area contributed by atoms with Crippen LogP contribution in [0.4, 0.5) is 0 Å². The fourth-order valence-corrected chi connectivity index (χ4v) is 1.54. The molecule has 4 heteroatoms. The van der Waals surface area contributed by atoms with Crippen molar-refractivity contribution in [3.05, 3.63) is 29.8 Å². The van der Waals surface area contributed by atoms with Crippen molar-refractivity contribution in [1.82, 2.24) is 5.32 Å². The molecule has 1 aromatic carbocycles. The maximum Gasteiger partial charge on any atom is 0.327 e. The first-order chi connectivity index (χ1) is 8.22. The lowest BCUT2D eigenvalue weighted by molar-refractivity contribution is -0.143. The standard InChI is InChI=1S/C13H19NO3/c1-4-9-14-12(13(15)17-3)10-5-7-11(16-2)8-6-10/h5-8,12,14H,4,9H2,1-3H3. The van der Waals surface area contributed by atoms with E-state index in [0.717, 1.165) is 24.3 Å². The molecule has 4 nitrogen and oxygen atoms in total. The second-order valence-electron chi connectivity index (χ2n) is 3.68. The van der Waals surface area contributed by atoms with Crippen LogP contribution in [0.5, 0.6) is 5.75 Å². The number of benzene rings is 1. The summed E-state index contributed by atoms with van der Waals surface area (Å²) in [5.41, 5.74) is 0.881. The second kappa shape index (κ2) is 6.91. The van der Waals surface area contributed by atoms with E-state index in [4.69, 9.17) is 9.47 Å². The van der Waals surface area contributed by atoms with Gasteiger partial charge < -0.3 is 14.8 Å². The zero-order valence-corrected chi connectivity index (χ0v) is 10.5. The van der Waals surface area contributed by atoms with Gasteiger partial charge >= 0.3 is 5.97 Å². The van der Waals surface area contributed by atoms with Crippen LogP contribution >= 0.6 is 0 Å². The summed E-state index contributed by atoms with van der Waals surface area (Å²) in [5, 5.41) is 3.16. The van der Waals surface area contributed by atoms with E-state index in [1.165, 1.54) is 7.11 Å². The Labute approximate surface area is 102 Å². The normalized spacial score (nSPS) is 11.9. The quantitative estimate of drug-likeness (QED) is 0.768. The van der Waals surface area contributed by atoms with Crippen molar-refractivity contribution in [2.75, 3.05) is 20.8 Å². The predicted molar refractivity (Wildman–Crippen MR) is 66.0 cm³/mol. The minimum atomic E-state index is -0.411. The molecule has 1 N–H and O–H groups in total. The van der Waals surface area contributed by atoms with E-state index in [0.29, 0.717) is 0 Å². The van der Waals surface area contributed by atoms with Crippen molar-refractivity contribution in [2.24, 2.45) is 0 Å². The largest absolute Gasteiger partial charge is 0.497 e. The van der Waals surface area contributed by atoms with E-state index in [9.17, 15) is 4.79 Å². The number of rotatable bonds is 6. The summed E-state index contributed by atoms with van der Waals surface area (Å²) in [5.74, 6) is 0.497. The monoisotopic (exact) mass is 237 g/mol. The summed E-state index contributed by atoms with van der Waals surface area (Å²) < 4.78 is 9.87. The molecule has 17 heavy (non-hydrogen) atoms. The Kier molecular flexibility index (Phi) is 5.49. The highest BCUT2D eigenvalue weighted by Crippen LogP contribution is 2.18. The summed E-state index contributed by atoms with van der Waals surface area (Å²) in [6.45, 7) is 2.82. The number of carbonyl (C=O) groups excluding carboxylic acids is 1. The summed E-state index contributed by atoms with van der Waals surface area (Å²) >= 11 is 0. The van der Waals surface area contributed by atoms with Gasteiger partial charge in [-0.05, 0) is 30.7 Å². The minimum Gasteiger partial charge on any atom is -0.497 e. The summed E-state index contributed by atoms with van der Waals surface area (Å²) in [4.78, 5) is 11.7. The predicted octanol–water partition coefficient (Wildman–Crippen LogP) is 1.91. The van der Waals surface area contributed by atoms with Crippen molar-refractivity contribution < 1.29 is 14.3 Å². The van der Waals surface area contributed by atoms with Gasteiger partial charge in [-0.2, -0.15) is 0 Å². The fraction of sp³-hybridized carbons (Fsp3) is 0.462. The van der Waals surface area contributed by atoms with Crippen LogP contribution in [0.1, 0.15) is 24.9 Å². The number of hydrogen-bond acceptors (Lipinski definition) is 4. The van der Waals surface area contributed by atoms with Crippen LogP contribution in [0, 0.1) is 0 Å². The molecule has 0 aromatic heterocycles. The Morgan fingerprint density at radius 3 is 2.41 bits per heavy atom. The molecule has 1 aromatic rings. The number of hydrogen-bond donors (Lipinski definition) is 1. The molecule has 0 aliphatic rings. The molecule has 0 spiro atoms. The number of ether oxygens (including phenoxy) is 2. The molecule has 0 saturated carbocycles. The van der Waals surface area contributed by atoms with Gasteiger partial charge in [-0.3, -0.25) is 0 Å². The van der Waals surface area contributed by atoms with Crippen LogP contribution in [-0.2, 0) is 9.53 Å². The maximum absolute atomic E-state index is 11.7. The van der Waals surface area contributed by atoms with Gasteiger partial charge in [-0.1, -0.05) is 19.1 Å². The molecule has 1 rings (SSSR count). The molecule has 0 aliphatic carbocycles. The third-order valence-electron chi connectivity index (χ3n) is 2.48. The first kappa shape index (κ1) is 13.5. The Morgan fingerprint density at radius 2 is 1.94 bits per heavy atom. The third kappa shape index (κ3) is 3.75. The molecule has 0 amide bonds. The van der Waals surface area contributed by atoms with Gasteiger partial charge in [0.05, 0.1) is 14.2 Å². The van der Waals surface area contributed by atoms with Crippen molar-refractivity contribution in [3.8, 4) is 5.75 Å². The molecule has 0 saturated heterocycles. The van der Waals surface area contributed by atoms with Crippen LogP contribution in [-0.4, -0.2) is 26.7 Å². The first-order valence-electron chi connectivity index (χ1n) is 5.68. The summed E-state index contributed by atoms with van der Waals surface area (Å²) in [6.07, 6.45) is 0.962.